The first kappa shape index (κ1) is 15.7. The maximum absolute atomic E-state index is 12.2. The average molecular weight is 369 g/mol. The van der Waals surface area contributed by atoms with Crippen LogP contribution >= 0.6 is 27.3 Å². The lowest BCUT2D eigenvalue weighted by Crippen LogP contribution is -2.26. The smallest absolute Gasteiger partial charge is 0.283 e. The number of nitro groups is 1. The highest BCUT2D eigenvalue weighted by molar-refractivity contribution is 9.10. The van der Waals surface area contributed by atoms with Gasteiger partial charge in [-0.15, -0.1) is 11.3 Å². The molecule has 7 heteroatoms. The number of carbonyl (C=O) groups is 1. The molecular weight excluding hydrogens is 356 g/mol. The fraction of sp³-hybridized carbons (Fsp3) is 0.214. The molecule has 110 valence electrons. The molecule has 0 aliphatic rings. The Bertz CT molecular complexity index is 699. The van der Waals surface area contributed by atoms with E-state index in [4.69, 9.17) is 0 Å². The summed E-state index contributed by atoms with van der Waals surface area (Å²) in [6.45, 7) is 3.50. The third-order valence-corrected chi connectivity index (χ3v) is 4.79. The maximum Gasteiger partial charge on any atom is 0.283 e. The number of nitrogens with zero attached hydrogens (tertiary/aromatic N) is 1. The van der Waals surface area contributed by atoms with Gasteiger partial charge in [0.1, 0.15) is 0 Å². The Morgan fingerprint density at radius 1 is 1.43 bits per heavy atom. The minimum absolute atomic E-state index is 0.0151. The van der Waals surface area contributed by atoms with Gasteiger partial charge in [0.05, 0.1) is 20.7 Å². The van der Waals surface area contributed by atoms with E-state index >= 15 is 0 Å². The fourth-order valence-corrected chi connectivity index (χ4v) is 3.46. The number of hydrogen-bond donors (Lipinski definition) is 1. The molecule has 2 rings (SSSR count). The van der Waals surface area contributed by atoms with Crippen LogP contribution in [0, 0.1) is 17.0 Å². The number of benzene rings is 1. The van der Waals surface area contributed by atoms with E-state index in [2.05, 4.69) is 21.2 Å². The Balaban J connectivity index is 2.17. The summed E-state index contributed by atoms with van der Waals surface area (Å²) in [5, 5.41) is 13.7. The van der Waals surface area contributed by atoms with Crippen LogP contribution in [-0.2, 0) is 0 Å². The largest absolute Gasteiger partial charge is 0.345 e. The van der Waals surface area contributed by atoms with Crippen LogP contribution in [0.2, 0.25) is 0 Å². The number of carbonyl (C=O) groups excluding carboxylic acids is 1. The van der Waals surface area contributed by atoms with Crippen LogP contribution in [0.25, 0.3) is 0 Å². The zero-order chi connectivity index (χ0) is 15.6. The first-order chi connectivity index (χ1) is 9.90. The van der Waals surface area contributed by atoms with Gasteiger partial charge in [0.15, 0.2) is 0 Å². The van der Waals surface area contributed by atoms with Crippen molar-refractivity contribution >= 4 is 38.9 Å². The van der Waals surface area contributed by atoms with Gasteiger partial charge in [0, 0.05) is 10.5 Å². The number of hydrogen-bond acceptors (Lipinski definition) is 4. The predicted molar refractivity (Wildman–Crippen MR) is 85.7 cm³/mol. The Morgan fingerprint density at radius 3 is 2.67 bits per heavy atom. The fourth-order valence-electron chi connectivity index (χ4n) is 1.94. The van der Waals surface area contributed by atoms with Crippen LogP contribution in [0.1, 0.15) is 33.1 Å². The van der Waals surface area contributed by atoms with Crippen molar-refractivity contribution in [2.24, 2.45) is 0 Å². The van der Waals surface area contributed by atoms with Crippen LogP contribution < -0.4 is 5.32 Å². The molecule has 0 radical (unpaired) electrons. The molecule has 0 saturated carbocycles. The lowest BCUT2D eigenvalue weighted by molar-refractivity contribution is -0.385. The highest BCUT2D eigenvalue weighted by atomic mass is 79.9. The average Bonchev–Trinajstić information content (AvgIpc) is 2.81. The van der Waals surface area contributed by atoms with Crippen LogP contribution in [0.4, 0.5) is 5.69 Å². The first-order valence-electron chi connectivity index (χ1n) is 6.20. The zero-order valence-electron chi connectivity index (χ0n) is 11.4. The maximum atomic E-state index is 12.2. The number of aryl methyl sites for hydroxylation is 1. The van der Waals surface area contributed by atoms with Crippen LogP contribution in [0.5, 0.6) is 0 Å². The SMILES string of the molecule is Cc1sc(C(=O)NC(C)c2ccccc2Br)cc1[N+](=O)[O-]. The summed E-state index contributed by atoms with van der Waals surface area (Å²) >= 11 is 4.57. The van der Waals surface area contributed by atoms with Gasteiger partial charge in [-0.05, 0) is 25.5 Å². The molecule has 0 aliphatic carbocycles. The molecule has 1 amide bonds. The summed E-state index contributed by atoms with van der Waals surface area (Å²) in [5.74, 6) is -0.306. The van der Waals surface area contributed by atoms with Gasteiger partial charge >= 0.3 is 0 Å². The standard InChI is InChI=1S/C14H13BrN2O3S/c1-8(10-5-3-4-6-11(10)15)16-14(18)13-7-12(17(19)20)9(2)21-13/h3-8H,1-2H3,(H,16,18). The summed E-state index contributed by atoms with van der Waals surface area (Å²) in [7, 11) is 0. The Morgan fingerprint density at radius 2 is 2.10 bits per heavy atom. The second kappa shape index (κ2) is 6.36. The second-order valence-corrected chi connectivity index (χ2v) is 6.64. The van der Waals surface area contributed by atoms with Gasteiger partial charge in [0.25, 0.3) is 11.6 Å². The highest BCUT2D eigenvalue weighted by Crippen LogP contribution is 2.29. The molecule has 2 aromatic rings. The molecule has 1 aromatic carbocycles. The Hall–Kier alpha value is -1.73. The van der Waals surface area contributed by atoms with Crippen molar-refractivity contribution in [2.45, 2.75) is 19.9 Å². The number of rotatable bonds is 4. The van der Waals surface area contributed by atoms with E-state index in [1.54, 1.807) is 6.92 Å². The van der Waals surface area contributed by atoms with Crippen molar-refractivity contribution in [1.29, 1.82) is 0 Å². The van der Waals surface area contributed by atoms with Crippen molar-refractivity contribution in [1.82, 2.24) is 5.32 Å². The number of thiophene rings is 1. The van der Waals surface area contributed by atoms with E-state index in [9.17, 15) is 14.9 Å². The molecule has 1 aromatic heterocycles. The van der Waals surface area contributed by atoms with Crippen molar-refractivity contribution < 1.29 is 9.72 Å². The minimum Gasteiger partial charge on any atom is -0.345 e. The van der Waals surface area contributed by atoms with Gasteiger partial charge in [-0.2, -0.15) is 0 Å². The van der Waals surface area contributed by atoms with E-state index in [-0.39, 0.29) is 17.6 Å². The summed E-state index contributed by atoms with van der Waals surface area (Å²) in [4.78, 5) is 23.4. The van der Waals surface area contributed by atoms with Crippen molar-refractivity contribution in [3.05, 3.63) is 60.2 Å². The normalized spacial score (nSPS) is 12.0. The predicted octanol–water partition coefficient (Wildman–Crippen LogP) is 4.22. The van der Waals surface area contributed by atoms with Crippen molar-refractivity contribution in [3.8, 4) is 0 Å². The van der Waals surface area contributed by atoms with E-state index < -0.39 is 4.92 Å². The van der Waals surface area contributed by atoms with Crippen LogP contribution in [0.15, 0.2) is 34.8 Å². The van der Waals surface area contributed by atoms with Crippen molar-refractivity contribution in [3.63, 3.8) is 0 Å². The van der Waals surface area contributed by atoms with E-state index in [0.717, 1.165) is 21.4 Å². The number of halogens is 1. The third kappa shape index (κ3) is 3.48. The van der Waals surface area contributed by atoms with Crippen LogP contribution in [-0.4, -0.2) is 10.8 Å². The molecule has 1 heterocycles. The summed E-state index contributed by atoms with van der Waals surface area (Å²) < 4.78 is 0.908. The molecule has 0 fully saturated rings. The zero-order valence-corrected chi connectivity index (χ0v) is 13.8. The summed E-state index contributed by atoms with van der Waals surface area (Å²) in [6.07, 6.45) is 0. The van der Waals surface area contributed by atoms with Gasteiger partial charge in [-0.3, -0.25) is 14.9 Å². The molecule has 1 N–H and O–H groups in total. The van der Waals surface area contributed by atoms with Crippen LogP contribution in [0.3, 0.4) is 0 Å². The monoisotopic (exact) mass is 368 g/mol. The number of amides is 1. The van der Waals surface area contributed by atoms with E-state index in [0.29, 0.717) is 9.75 Å². The quantitative estimate of drug-likeness (QED) is 0.648. The minimum atomic E-state index is -0.472. The lowest BCUT2D eigenvalue weighted by atomic mass is 10.1. The Kier molecular flexibility index (Phi) is 4.74. The molecule has 0 spiro atoms. The highest BCUT2D eigenvalue weighted by Gasteiger charge is 2.21. The summed E-state index contributed by atoms with van der Waals surface area (Å²) in [5.41, 5.74) is 0.937. The molecule has 0 aliphatic heterocycles. The molecular formula is C14H13BrN2O3S. The molecule has 0 saturated heterocycles. The van der Waals surface area contributed by atoms with Crippen molar-refractivity contribution in [2.75, 3.05) is 0 Å². The number of nitrogens with one attached hydrogen (secondary N) is 1. The molecule has 1 unspecified atom stereocenters. The third-order valence-electron chi connectivity index (χ3n) is 3.03. The lowest BCUT2D eigenvalue weighted by Gasteiger charge is -2.15. The van der Waals surface area contributed by atoms with E-state index in [1.807, 2.05) is 31.2 Å². The first-order valence-corrected chi connectivity index (χ1v) is 7.81. The van der Waals surface area contributed by atoms with E-state index in [1.165, 1.54) is 6.07 Å². The topological polar surface area (TPSA) is 72.2 Å². The molecule has 1 atom stereocenters. The van der Waals surface area contributed by atoms with Gasteiger partial charge in [0.2, 0.25) is 0 Å². The Labute approximate surface area is 134 Å². The second-order valence-electron chi connectivity index (χ2n) is 4.53. The summed E-state index contributed by atoms with van der Waals surface area (Å²) in [6, 6.07) is 8.73. The van der Waals surface area contributed by atoms with Gasteiger partial charge in [-0.25, -0.2) is 0 Å². The van der Waals surface area contributed by atoms with Gasteiger partial charge in [-0.1, -0.05) is 34.1 Å². The molecule has 0 bridgehead atoms. The molecule has 21 heavy (non-hydrogen) atoms. The van der Waals surface area contributed by atoms with Gasteiger partial charge < -0.3 is 5.32 Å². The molecule has 5 nitrogen and oxygen atoms in total.